The standard InChI is InChI=1S/C15H22O9/c16-13(17)21-10-6-7-11(12(8-10)23-14(18)19)24-15(20)22-9-4-2-1-3-5-9/h9-12H,1-8H2,(H,16,17)(H,18,19). The highest BCUT2D eigenvalue weighted by Gasteiger charge is 2.38. The molecule has 0 aliphatic heterocycles. The molecule has 0 heterocycles. The maximum atomic E-state index is 11.9. The molecule has 9 nitrogen and oxygen atoms in total. The average molecular weight is 346 g/mol. The van der Waals surface area contributed by atoms with E-state index in [-0.39, 0.29) is 18.9 Å². The van der Waals surface area contributed by atoms with Crippen LogP contribution in [0, 0.1) is 0 Å². The first-order valence-corrected chi connectivity index (χ1v) is 8.10. The molecular formula is C15H22O9. The monoisotopic (exact) mass is 346 g/mol. The number of rotatable bonds is 4. The van der Waals surface area contributed by atoms with Gasteiger partial charge in [-0.2, -0.15) is 0 Å². The summed E-state index contributed by atoms with van der Waals surface area (Å²) < 4.78 is 19.8. The quantitative estimate of drug-likeness (QED) is 0.582. The molecule has 2 rings (SSSR count). The number of ether oxygens (including phenoxy) is 4. The first-order chi connectivity index (χ1) is 11.4. The third-order valence-electron chi connectivity index (χ3n) is 4.27. The van der Waals surface area contributed by atoms with E-state index in [1.54, 1.807) is 0 Å². The summed E-state index contributed by atoms with van der Waals surface area (Å²) in [5.41, 5.74) is 0. The Balaban J connectivity index is 1.87. The van der Waals surface area contributed by atoms with Gasteiger partial charge in [-0.25, -0.2) is 14.4 Å². The fraction of sp³-hybridized carbons (Fsp3) is 0.800. The van der Waals surface area contributed by atoms with Crippen LogP contribution in [0.4, 0.5) is 14.4 Å². The van der Waals surface area contributed by atoms with Gasteiger partial charge in [-0.05, 0) is 38.5 Å². The van der Waals surface area contributed by atoms with Gasteiger partial charge in [-0.15, -0.1) is 0 Å². The zero-order valence-corrected chi connectivity index (χ0v) is 13.2. The van der Waals surface area contributed by atoms with Crippen molar-refractivity contribution in [3.63, 3.8) is 0 Å². The lowest BCUT2D eigenvalue weighted by Crippen LogP contribution is -2.43. The summed E-state index contributed by atoms with van der Waals surface area (Å²) in [6, 6.07) is 0. The van der Waals surface area contributed by atoms with E-state index >= 15 is 0 Å². The Labute approximate surface area is 138 Å². The maximum Gasteiger partial charge on any atom is 0.508 e. The molecule has 0 aromatic rings. The fourth-order valence-corrected chi connectivity index (χ4v) is 3.17. The number of hydrogen-bond donors (Lipinski definition) is 2. The Morgan fingerprint density at radius 3 is 1.96 bits per heavy atom. The van der Waals surface area contributed by atoms with Crippen LogP contribution in [0.3, 0.4) is 0 Å². The van der Waals surface area contributed by atoms with Gasteiger partial charge < -0.3 is 29.2 Å². The Morgan fingerprint density at radius 2 is 1.33 bits per heavy atom. The van der Waals surface area contributed by atoms with E-state index in [0.29, 0.717) is 6.42 Å². The summed E-state index contributed by atoms with van der Waals surface area (Å²) >= 11 is 0. The molecule has 3 atom stereocenters. The van der Waals surface area contributed by atoms with Crippen LogP contribution in [0.1, 0.15) is 51.4 Å². The van der Waals surface area contributed by atoms with Gasteiger partial charge in [0.05, 0.1) is 0 Å². The molecule has 0 bridgehead atoms. The van der Waals surface area contributed by atoms with Gasteiger partial charge in [0.15, 0.2) is 0 Å². The number of carboxylic acid groups (broad SMARTS) is 2. The molecule has 2 fully saturated rings. The summed E-state index contributed by atoms with van der Waals surface area (Å²) in [6.07, 6.45) is -1.21. The van der Waals surface area contributed by atoms with E-state index in [4.69, 9.17) is 24.4 Å². The second-order valence-electron chi connectivity index (χ2n) is 6.03. The van der Waals surface area contributed by atoms with Crippen LogP contribution in [0.25, 0.3) is 0 Å². The molecular weight excluding hydrogens is 324 g/mol. The van der Waals surface area contributed by atoms with Gasteiger partial charge >= 0.3 is 18.5 Å². The summed E-state index contributed by atoms with van der Waals surface area (Å²) in [7, 11) is 0. The molecule has 3 unspecified atom stereocenters. The van der Waals surface area contributed by atoms with E-state index in [0.717, 1.165) is 32.1 Å². The molecule has 0 aromatic carbocycles. The van der Waals surface area contributed by atoms with Gasteiger partial charge in [0.1, 0.15) is 24.4 Å². The third-order valence-corrected chi connectivity index (χ3v) is 4.27. The van der Waals surface area contributed by atoms with Gasteiger partial charge in [0.2, 0.25) is 0 Å². The minimum absolute atomic E-state index is 0.0000246. The van der Waals surface area contributed by atoms with Crippen molar-refractivity contribution in [3.05, 3.63) is 0 Å². The van der Waals surface area contributed by atoms with Crippen LogP contribution in [0.2, 0.25) is 0 Å². The predicted molar refractivity (Wildman–Crippen MR) is 77.9 cm³/mol. The lowest BCUT2D eigenvalue weighted by atomic mass is 9.92. The van der Waals surface area contributed by atoms with Crippen molar-refractivity contribution >= 4 is 18.5 Å². The summed E-state index contributed by atoms with van der Waals surface area (Å²) in [6.45, 7) is 0. The molecule has 0 spiro atoms. The fourth-order valence-electron chi connectivity index (χ4n) is 3.17. The number of hydrogen-bond acceptors (Lipinski definition) is 7. The van der Waals surface area contributed by atoms with Crippen LogP contribution in [0.15, 0.2) is 0 Å². The Kier molecular flexibility index (Phi) is 6.51. The maximum absolute atomic E-state index is 11.9. The summed E-state index contributed by atoms with van der Waals surface area (Å²) in [5.74, 6) is 0. The smallest absolute Gasteiger partial charge is 0.450 e. The van der Waals surface area contributed by atoms with E-state index < -0.39 is 36.8 Å². The Bertz CT molecular complexity index is 458. The highest BCUT2D eigenvalue weighted by molar-refractivity contribution is 5.61. The van der Waals surface area contributed by atoms with Crippen LogP contribution in [-0.4, -0.2) is 53.1 Å². The number of carbonyl (C=O) groups excluding carboxylic acids is 1. The molecule has 0 saturated heterocycles. The van der Waals surface area contributed by atoms with Crippen molar-refractivity contribution in [1.29, 1.82) is 0 Å². The zero-order chi connectivity index (χ0) is 17.5. The van der Waals surface area contributed by atoms with Crippen molar-refractivity contribution in [3.8, 4) is 0 Å². The Morgan fingerprint density at radius 1 is 0.667 bits per heavy atom. The van der Waals surface area contributed by atoms with E-state index in [2.05, 4.69) is 4.74 Å². The Hall–Kier alpha value is -2.19. The molecule has 2 aliphatic rings. The zero-order valence-electron chi connectivity index (χ0n) is 13.2. The highest BCUT2D eigenvalue weighted by atomic mass is 16.7. The van der Waals surface area contributed by atoms with Crippen molar-refractivity contribution in [1.82, 2.24) is 0 Å². The molecule has 24 heavy (non-hydrogen) atoms. The molecule has 9 heteroatoms. The van der Waals surface area contributed by atoms with E-state index in [9.17, 15) is 14.4 Å². The van der Waals surface area contributed by atoms with Crippen LogP contribution < -0.4 is 0 Å². The molecule has 2 aliphatic carbocycles. The molecule has 0 radical (unpaired) electrons. The van der Waals surface area contributed by atoms with Crippen LogP contribution >= 0.6 is 0 Å². The number of carbonyl (C=O) groups is 3. The van der Waals surface area contributed by atoms with Gasteiger partial charge in [-0.1, -0.05) is 6.42 Å². The van der Waals surface area contributed by atoms with Crippen molar-refractivity contribution in [2.45, 2.75) is 75.8 Å². The van der Waals surface area contributed by atoms with Crippen LogP contribution in [-0.2, 0) is 18.9 Å². The summed E-state index contributed by atoms with van der Waals surface area (Å²) in [5, 5.41) is 17.4. The van der Waals surface area contributed by atoms with Crippen molar-refractivity contribution in [2.24, 2.45) is 0 Å². The average Bonchev–Trinajstić information content (AvgIpc) is 2.49. The lowest BCUT2D eigenvalue weighted by molar-refractivity contribution is -0.0978. The topological polar surface area (TPSA) is 129 Å². The molecule has 136 valence electrons. The second-order valence-corrected chi connectivity index (χ2v) is 6.03. The van der Waals surface area contributed by atoms with Crippen LogP contribution in [0.5, 0.6) is 0 Å². The van der Waals surface area contributed by atoms with Gasteiger partial charge in [0.25, 0.3) is 0 Å². The lowest BCUT2D eigenvalue weighted by Gasteiger charge is -2.33. The third kappa shape index (κ3) is 5.78. The molecule has 0 aromatic heterocycles. The molecule has 0 amide bonds. The summed E-state index contributed by atoms with van der Waals surface area (Å²) in [4.78, 5) is 33.3. The minimum atomic E-state index is -1.52. The largest absolute Gasteiger partial charge is 0.508 e. The predicted octanol–water partition coefficient (Wildman–Crippen LogP) is 3.15. The van der Waals surface area contributed by atoms with Crippen molar-refractivity contribution < 1.29 is 43.5 Å². The SMILES string of the molecule is O=C(O)OC1CCC(OC(=O)OC2CCCCC2)C(OC(=O)O)C1. The van der Waals surface area contributed by atoms with Gasteiger partial charge in [-0.3, -0.25) is 0 Å². The molecule has 2 N–H and O–H groups in total. The minimum Gasteiger partial charge on any atom is -0.450 e. The van der Waals surface area contributed by atoms with Crippen molar-refractivity contribution in [2.75, 3.05) is 0 Å². The first kappa shape index (κ1) is 18.2. The second kappa shape index (κ2) is 8.60. The first-order valence-electron chi connectivity index (χ1n) is 8.10. The van der Waals surface area contributed by atoms with E-state index in [1.165, 1.54) is 0 Å². The normalized spacial score (nSPS) is 27.8. The van der Waals surface area contributed by atoms with Gasteiger partial charge in [0, 0.05) is 6.42 Å². The highest BCUT2D eigenvalue weighted by Crippen LogP contribution is 2.28. The van der Waals surface area contributed by atoms with E-state index in [1.807, 2.05) is 0 Å². The molecule has 2 saturated carbocycles.